The normalized spacial score (nSPS) is 11.2. The molecule has 1 N–H and O–H groups in total. The van der Waals surface area contributed by atoms with Crippen LogP contribution in [-0.2, 0) is 11.2 Å². The molecule has 0 aliphatic carbocycles. The van der Waals surface area contributed by atoms with Gasteiger partial charge in [0, 0.05) is 22.2 Å². The van der Waals surface area contributed by atoms with Gasteiger partial charge < -0.3 is 5.32 Å². The van der Waals surface area contributed by atoms with Gasteiger partial charge in [0.05, 0.1) is 16.5 Å². The second kappa shape index (κ2) is 12.2. The van der Waals surface area contributed by atoms with E-state index >= 15 is 0 Å². The first-order valence-corrected chi connectivity index (χ1v) is 13.6. The fraction of sp³-hybridized carbons (Fsp3) is 0.222. The lowest BCUT2D eigenvalue weighted by molar-refractivity contribution is -0.118. The SMILES string of the molecule is CC(C)c1ccccc1-n1c(SCC(=O)NCCc2ccc(Cl)cc2)nnc1-c1ccc(Cl)cc1Cl. The van der Waals surface area contributed by atoms with Crippen LogP contribution in [0.5, 0.6) is 0 Å². The maximum atomic E-state index is 12.6. The van der Waals surface area contributed by atoms with Crippen LogP contribution in [0, 0.1) is 0 Å². The van der Waals surface area contributed by atoms with E-state index < -0.39 is 0 Å². The Balaban J connectivity index is 1.56. The monoisotopic (exact) mass is 558 g/mol. The van der Waals surface area contributed by atoms with Gasteiger partial charge in [-0.25, -0.2) is 0 Å². The van der Waals surface area contributed by atoms with Crippen molar-refractivity contribution in [3.05, 3.63) is 92.9 Å². The number of halogens is 3. The Morgan fingerprint density at radius 3 is 2.42 bits per heavy atom. The lowest BCUT2D eigenvalue weighted by atomic mass is 10.0. The average Bonchev–Trinajstić information content (AvgIpc) is 3.27. The molecule has 0 saturated carbocycles. The van der Waals surface area contributed by atoms with Crippen LogP contribution in [0.3, 0.4) is 0 Å². The van der Waals surface area contributed by atoms with Gasteiger partial charge in [-0.15, -0.1) is 10.2 Å². The molecule has 0 aliphatic rings. The van der Waals surface area contributed by atoms with Gasteiger partial charge in [-0.1, -0.05) is 90.7 Å². The van der Waals surface area contributed by atoms with Gasteiger partial charge in [0.25, 0.3) is 0 Å². The standard InChI is InChI=1S/C27H25Cl3N4OS/c1-17(2)21-5-3-4-6-24(21)34-26(22-12-11-20(29)15-23(22)30)32-33-27(34)36-16-25(35)31-14-13-18-7-9-19(28)10-8-18/h3-12,15,17H,13-14,16H2,1-2H3,(H,31,35). The van der Waals surface area contributed by atoms with E-state index in [-0.39, 0.29) is 17.6 Å². The maximum Gasteiger partial charge on any atom is 0.230 e. The fourth-order valence-electron chi connectivity index (χ4n) is 3.78. The minimum Gasteiger partial charge on any atom is -0.355 e. The minimum atomic E-state index is -0.0771. The van der Waals surface area contributed by atoms with Gasteiger partial charge in [0.1, 0.15) is 0 Å². The van der Waals surface area contributed by atoms with Crippen molar-refractivity contribution in [2.75, 3.05) is 12.3 Å². The molecule has 0 saturated heterocycles. The number of aromatic nitrogens is 3. The number of nitrogens with zero attached hydrogens (tertiary/aromatic N) is 3. The summed E-state index contributed by atoms with van der Waals surface area (Å²) in [6, 6.07) is 21.0. The summed E-state index contributed by atoms with van der Waals surface area (Å²) in [5.41, 5.74) is 3.91. The number of carbonyl (C=O) groups is 1. The highest BCUT2D eigenvalue weighted by Crippen LogP contribution is 2.35. The van der Waals surface area contributed by atoms with E-state index in [1.54, 1.807) is 12.1 Å². The van der Waals surface area contributed by atoms with Gasteiger partial charge >= 0.3 is 0 Å². The number of benzene rings is 3. The molecule has 9 heteroatoms. The second-order valence-electron chi connectivity index (χ2n) is 8.49. The molecule has 4 aromatic rings. The van der Waals surface area contributed by atoms with E-state index in [1.807, 2.05) is 53.1 Å². The third-order valence-corrected chi connectivity index (χ3v) is 7.32. The van der Waals surface area contributed by atoms with Crippen LogP contribution in [-0.4, -0.2) is 33.0 Å². The van der Waals surface area contributed by atoms with E-state index in [9.17, 15) is 4.79 Å². The molecule has 0 unspecified atom stereocenters. The third-order valence-electron chi connectivity index (χ3n) is 5.59. The van der Waals surface area contributed by atoms with Crippen molar-refractivity contribution in [3.8, 4) is 17.1 Å². The molecule has 0 fully saturated rings. The van der Waals surface area contributed by atoms with E-state index in [0.717, 1.165) is 23.2 Å². The summed E-state index contributed by atoms with van der Waals surface area (Å²) in [5, 5.41) is 14.2. The van der Waals surface area contributed by atoms with Crippen molar-refractivity contribution < 1.29 is 4.79 Å². The first kappa shape index (κ1) is 26.6. The number of hydrogen-bond acceptors (Lipinski definition) is 4. The van der Waals surface area contributed by atoms with Crippen LogP contribution >= 0.6 is 46.6 Å². The molecule has 0 atom stereocenters. The zero-order chi connectivity index (χ0) is 25.7. The molecule has 186 valence electrons. The topological polar surface area (TPSA) is 59.8 Å². The van der Waals surface area contributed by atoms with Gasteiger partial charge in [-0.3, -0.25) is 9.36 Å². The molecule has 0 radical (unpaired) electrons. The zero-order valence-corrected chi connectivity index (χ0v) is 22.9. The molecule has 0 spiro atoms. The third kappa shape index (κ3) is 6.43. The van der Waals surface area contributed by atoms with E-state index in [4.69, 9.17) is 34.8 Å². The van der Waals surface area contributed by atoms with Crippen molar-refractivity contribution in [2.24, 2.45) is 0 Å². The van der Waals surface area contributed by atoms with Crippen molar-refractivity contribution in [1.82, 2.24) is 20.1 Å². The molecular weight excluding hydrogens is 535 g/mol. The van der Waals surface area contributed by atoms with E-state index in [2.05, 4.69) is 35.4 Å². The first-order chi connectivity index (χ1) is 17.3. The summed E-state index contributed by atoms with van der Waals surface area (Å²) in [5.74, 6) is 0.991. The number of hydrogen-bond donors (Lipinski definition) is 1. The highest BCUT2D eigenvalue weighted by molar-refractivity contribution is 7.99. The molecule has 0 aliphatic heterocycles. The smallest absolute Gasteiger partial charge is 0.230 e. The Bertz CT molecular complexity index is 1360. The summed E-state index contributed by atoms with van der Waals surface area (Å²) in [7, 11) is 0. The first-order valence-electron chi connectivity index (χ1n) is 11.5. The molecule has 1 heterocycles. The van der Waals surface area contributed by atoms with Gasteiger partial charge in [0.2, 0.25) is 5.91 Å². The number of carbonyl (C=O) groups excluding carboxylic acids is 1. The number of nitrogens with one attached hydrogen (secondary N) is 1. The Morgan fingerprint density at radius 1 is 0.972 bits per heavy atom. The quantitative estimate of drug-likeness (QED) is 0.216. The summed E-state index contributed by atoms with van der Waals surface area (Å²) < 4.78 is 1.97. The molecule has 1 aromatic heterocycles. The number of rotatable bonds is 9. The summed E-state index contributed by atoms with van der Waals surface area (Å²) in [4.78, 5) is 12.6. The highest BCUT2D eigenvalue weighted by Gasteiger charge is 2.21. The largest absolute Gasteiger partial charge is 0.355 e. The number of para-hydroxylation sites is 1. The summed E-state index contributed by atoms with van der Waals surface area (Å²) >= 11 is 19.9. The summed E-state index contributed by atoms with van der Waals surface area (Å²) in [6.45, 7) is 4.81. The Hall–Kier alpha value is -2.51. The van der Waals surface area contributed by atoms with Gasteiger partial charge in [0.15, 0.2) is 11.0 Å². The van der Waals surface area contributed by atoms with Crippen LogP contribution in [0.25, 0.3) is 17.1 Å². The van der Waals surface area contributed by atoms with Crippen LogP contribution in [0.4, 0.5) is 0 Å². The van der Waals surface area contributed by atoms with E-state index in [0.29, 0.717) is 38.2 Å². The number of amides is 1. The molecule has 36 heavy (non-hydrogen) atoms. The Labute approximate surface area is 230 Å². The fourth-order valence-corrected chi connectivity index (χ4v) is 5.18. The molecule has 0 bridgehead atoms. The van der Waals surface area contributed by atoms with Crippen molar-refractivity contribution in [3.63, 3.8) is 0 Å². The van der Waals surface area contributed by atoms with Gasteiger partial charge in [-0.05, 0) is 59.9 Å². The van der Waals surface area contributed by atoms with Crippen LogP contribution in [0.2, 0.25) is 15.1 Å². The molecule has 5 nitrogen and oxygen atoms in total. The van der Waals surface area contributed by atoms with Crippen LogP contribution in [0.15, 0.2) is 71.9 Å². The van der Waals surface area contributed by atoms with Crippen molar-refractivity contribution in [1.29, 1.82) is 0 Å². The maximum absolute atomic E-state index is 12.6. The van der Waals surface area contributed by atoms with Crippen LogP contribution < -0.4 is 5.32 Å². The second-order valence-corrected chi connectivity index (χ2v) is 10.7. The summed E-state index contributed by atoms with van der Waals surface area (Å²) in [6.07, 6.45) is 0.727. The van der Waals surface area contributed by atoms with Crippen molar-refractivity contribution >= 4 is 52.5 Å². The molecule has 3 aromatic carbocycles. The van der Waals surface area contributed by atoms with Crippen molar-refractivity contribution in [2.45, 2.75) is 31.3 Å². The predicted molar refractivity (Wildman–Crippen MR) is 150 cm³/mol. The Kier molecular flexibility index (Phi) is 8.96. The molecule has 4 rings (SSSR count). The van der Waals surface area contributed by atoms with E-state index in [1.165, 1.54) is 11.8 Å². The van der Waals surface area contributed by atoms with Gasteiger partial charge in [-0.2, -0.15) is 0 Å². The molecule has 1 amide bonds. The minimum absolute atomic E-state index is 0.0771. The lowest BCUT2D eigenvalue weighted by Crippen LogP contribution is -2.27. The number of thioether (sulfide) groups is 1. The zero-order valence-electron chi connectivity index (χ0n) is 19.8. The van der Waals surface area contributed by atoms with Crippen LogP contribution in [0.1, 0.15) is 30.9 Å². The highest BCUT2D eigenvalue weighted by atomic mass is 35.5. The lowest BCUT2D eigenvalue weighted by Gasteiger charge is -2.17. The molecular formula is C27H25Cl3N4OS. The Morgan fingerprint density at radius 2 is 1.69 bits per heavy atom. The average molecular weight is 560 g/mol. The predicted octanol–water partition coefficient (Wildman–Crippen LogP) is 7.47.